The largest absolute Gasteiger partial charge is 0.355 e. The fourth-order valence-electron chi connectivity index (χ4n) is 0.574. The number of hydrogen-bond acceptors (Lipinski definition) is 1. The van der Waals surface area contributed by atoms with Gasteiger partial charge in [0.2, 0.25) is 12.3 Å². The van der Waals surface area contributed by atoms with Crippen molar-refractivity contribution < 1.29 is 13.6 Å². The van der Waals surface area contributed by atoms with Crippen LogP contribution in [-0.2, 0) is 4.79 Å². The number of likely N-dealkylation sites (N-methyl/N-ethyl adjacent to an activating group) is 1. The third kappa shape index (κ3) is 4.47. The van der Waals surface area contributed by atoms with Gasteiger partial charge in [0.25, 0.3) is 0 Å². The number of hydrogen-bond donors (Lipinski definition) is 1. The lowest BCUT2D eigenvalue weighted by atomic mass is 10.1. The predicted molar refractivity (Wildman–Crippen MR) is 38.4 cm³/mol. The Morgan fingerprint density at radius 3 is 2.55 bits per heavy atom. The highest BCUT2D eigenvalue weighted by molar-refractivity contribution is 5.92. The van der Waals surface area contributed by atoms with Gasteiger partial charge < -0.3 is 5.32 Å². The van der Waals surface area contributed by atoms with Crippen LogP contribution in [0, 0.1) is 0 Å². The van der Waals surface area contributed by atoms with E-state index in [2.05, 4.69) is 11.9 Å². The molecule has 0 rings (SSSR count). The molecule has 0 radical (unpaired) electrons. The van der Waals surface area contributed by atoms with Gasteiger partial charge in [-0.1, -0.05) is 6.58 Å². The van der Waals surface area contributed by atoms with E-state index in [1.807, 2.05) is 0 Å². The van der Waals surface area contributed by atoms with Crippen LogP contribution in [-0.4, -0.2) is 19.4 Å². The van der Waals surface area contributed by atoms with Crippen molar-refractivity contribution in [1.29, 1.82) is 0 Å². The molecule has 1 N–H and O–H groups in total. The molecule has 4 heteroatoms. The molecule has 0 aliphatic heterocycles. The SMILES string of the molecule is C=C(CCC(F)F)C(=O)NC. The summed E-state index contributed by atoms with van der Waals surface area (Å²) in [6.07, 6.45) is -2.61. The molecule has 2 nitrogen and oxygen atoms in total. The maximum Gasteiger partial charge on any atom is 0.246 e. The molecule has 0 bridgehead atoms. The van der Waals surface area contributed by atoms with E-state index in [1.165, 1.54) is 7.05 Å². The minimum absolute atomic E-state index is 0.0529. The smallest absolute Gasteiger partial charge is 0.246 e. The van der Waals surface area contributed by atoms with E-state index in [9.17, 15) is 13.6 Å². The zero-order valence-corrected chi connectivity index (χ0v) is 6.36. The Hall–Kier alpha value is -0.930. The van der Waals surface area contributed by atoms with Crippen molar-refractivity contribution in [1.82, 2.24) is 5.32 Å². The molecular weight excluding hydrogens is 152 g/mol. The normalized spacial score (nSPS) is 9.82. The van der Waals surface area contributed by atoms with Gasteiger partial charge in [-0.15, -0.1) is 0 Å². The monoisotopic (exact) mass is 163 g/mol. The highest BCUT2D eigenvalue weighted by Gasteiger charge is 2.08. The van der Waals surface area contributed by atoms with Crippen LogP contribution in [0.2, 0.25) is 0 Å². The minimum atomic E-state index is -2.36. The highest BCUT2D eigenvalue weighted by Crippen LogP contribution is 2.08. The number of nitrogens with one attached hydrogen (secondary N) is 1. The summed E-state index contributed by atoms with van der Waals surface area (Å²) >= 11 is 0. The number of carbonyl (C=O) groups is 1. The third-order valence-electron chi connectivity index (χ3n) is 1.21. The van der Waals surface area contributed by atoms with Gasteiger partial charge in [-0.05, 0) is 6.42 Å². The molecule has 0 fully saturated rings. The fourth-order valence-corrected chi connectivity index (χ4v) is 0.574. The van der Waals surface area contributed by atoms with Crippen molar-refractivity contribution in [2.24, 2.45) is 0 Å². The molecule has 0 heterocycles. The summed E-state index contributed by atoms with van der Waals surface area (Å²) < 4.78 is 23.2. The molecule has 0 spiro atoms. The average molecular weight is 163 g/mol. The van der Waals surface area contributed by atoms with Gasteiger partial charge in [0.1, 0.15) is 0 Å². The Morgan fingerprint density at radius 2 is 2.18 bits per heavy atom. The van der Waals surface area contributed by atoms with Crippen molar-refractivity contribution in [3.05, 3.63) is 12.2 Å². The number of rotatable bonds is 4. The van der Waals surface area contributed by atoms with Crippen LogP contribution in [0.1, 0.15) is 12.8 Å². The Kier molecular flexibility index (Phi) is 4.41. The van der Waals surface area contributed by atoms with E-state index in [4.69, 9.17) is 0 Å². The van der Waals surface area contributed by atoms with E-state index in [0.29, 0.717) is 0 Å². The van der Waals surface area contributed by atoms with Gasteiger partial charge in [-0.25, -0.2) is 8.78 Å². The number of alkyl halides is 2. The lowest BCUT2D eigenvalue weighted by Crippen LogP contribution is -2.19. The standard InChI is InChI=1S/C7H11F2NO/c1-5(7(11)10-2)3-4-6(8)9/h6H,1,3-4H2,2H3,(H,10,11). The van der Waals surface area contributed by atoms with Crippen LogP contribution in [0.25, 0.3) is 0 Å². The first-order valence-electron chi connectivity index (χ1n) is 3.26. The third-order valence-corrected chi connectivity index (χ3v) is 1.21. The number of halogens is 2. The first kappa shape index (κ1) is 10.1. The molecule has 0 atom stereocenters. The van der Waals surface area contributed by atoms with Gasteiger partial charge in [0.05, 0.1) is 0 Å². The van der Waals surface area contributed by atoms with E-state index in [1.54, 1.807) is 0 Å². The average Bonchev–Trinajstić information content (AvgIpc) is 1.98. The Labute approximate surface area is 64.3 Å². The van der Waals surface area contributed by atoms with Crippen LogP contribution in [0.4, 0.5) is 8.78 Å². The van der Waals surface area contributed by atoms with Crippen LogP contribution in [0.3, 0.4) is 0 Å². The zero-order chi connectivity index (χ0) is 8.85. The highest BCUT2D eigenvalue weighted by atomic mass is 19.3. The number of carbonyl (C=O) groups excluding carboxylic acids is 1. The molecule has 0 saturated carbocycles. The van der Waals surface area contributed by atoms with Gasteiger partial charge in [0, 0.05) is 19.0 Å². The summed E-state index contributed by atoms with van der Waals surface area (Å²) in [4.78, 5) is 10.7. The molecule has 0 aliphatic rings. The summed E-state index contributed by atoms with van der Waals surface area (Å²) in [6.45, 7) is 3.35. The topological polar surface area (TPSA) is 29.1 Å². The second-order valence-electron chi connectivity index (χ2n) is 2.11. The summed E-state index contributed by atoms with van der Waals surface area (Å²) in [5.41, 5.74) is 0.202. The van der Waals surface area contributed by atoms with Crippen LogP contribution in [0.5, 0.6) is 0 Å². The Morgan fingerprint density at radius 1 is 1.64 bits per heavy atom. The molecule has 11 heavy (non-hydrogen) atoms. The maximum absolute atomic E-state index is 11.6. The number of amides is 1. The Balaban J connectivity index is 3.61. The summed E-state index contributed by atoms with van der Waals surface area (Å²) in [5.74, 6) is -0.370. The van der Waals surface area contributed by atoms with Crippen molar-refractivity contribution in [2.45, 2.75) is 19.3 Å². The predicted octanol–water partition coefficient (Wildman–Crippen LogP) is 1.33. The summed E-state index contributed by atoms with van der Waals surface area (Å²) in [5, 5.41) is 2.31. The molecule has 64 valence electrons. The van der Waals surface area contributed by atoms with E-state index in [0.717, 1.165) is 0 Å². The van der Waals surface area contributed by atoms with Crippen LogP contribution in [0.15, 0.2) is 12.2 Å². The van der Waals surface area contributed by atoms with Crippen molar-refractivity contribution in [2.75, 3.05) is 7.05 Å². The van der Waals surface area contributed by atoms with Crippen molar-refractivity contribution in [3.63, 3.8) is 0 Å². The fraction of sp³-hybridized carbons (Fsp3) is 0.571. The molecule has 0 aromatic heterocycles. The van der Waals surface area contributed by atoms with Crippen LogP contribution < -0.4 is 5.32 Å². The molecule has 0 aromatic carbocycles. The molecule has 1 amide bonds. The van der Waals surface area contributed by atoms with Crippen molar-refractivity contribution >= 4 is 5.91 Å². The van der Waals surface area contributed by atoms with Gasteiger partial charge in [0.15, 0.2) is 0 Å². The first-order chi connectivity index (χ1) is 5.07. The minimum Gasteiger partial charge on any atom is -0.355 e. The van der Waals surface area contributed by atoms with Crippen LogP contribution >= 0.6 is 0 Å². The lowest BCUT2D eigenvalue weighted by molar-refractivity contribution is -0.117. The van der Waals surface area contributed by atoms with Gasteiger partial charge >= 0.3 is 0 Å². The first-order valence-corrected chi connectivity index (χ1v) is 3.26. The second-order valence-corrected chi connectivity index (χ2v) is 2.11. The van der Waals surface area contributed by atoms with Crippen molar-refractivity contribution in [3.8, 4) is 0 Å². The zero-order valence-electron chi connectivity index (χ0n) is 6.36. The molecule has 0 aliphatic carbocycles. The maximum atomic E-state index is 11.6. The molecule has 0 unspecified atom stereocenters. The summed E-state index contributed by atoms with van der Waals surface area (Å²) in [6, 6.07) is 0. The lowest BCUT2D eigenvalue weighted by Gasteiger charge is -2.02. The van der Waals surface area contributed by atoms with Gasteiger partial charge in [-0.3, -0.25) is 4.79 Å². The quantitative estimate of drug-likeness (QED) is 0.622. The Bertz CT molecular complexity index is 157. The van der Waals surface area contributed by atoms with Gasteiger partial charge in [-0.2, -0.15) is 0 Å². The van der Waals surface area contributed by atoms with E-state index < -0.39 is 6.43 Å². The van der Waals surface area contributed by atoms with E-state index >= 15 is 0 Å². The second kappa shape index (κ2) is 4.82. The summed E-state index contributed by atoms with van der Waals surface area (Å²) in [7, 11) is 1.44. The van der Waals surface area contributed by atoms with E-state index in [-0.39, 0.29) is 24.3 Å². The molecular formula is C7H11F2NO. The molecule has 0 saturated heterocycles. The molecule has 0 aromatic rings.